The van der Waals surface area contributed by atoms with E-state index in [0.717, 1.165) is 19.2 Å². The van der Waals surface area contributed by atoms with Crippen LogP contribution in [0.3, 0.4) is 0 Å². The molecule has 0 bridgehead atoms. The predicted molar refractivity (Wildman–Crippen MR) is 72.0 cm³/mol. The molecule has 0 aliphatic heterocycles. The number of halogens is 6. The van der Waals surface area contributed by atoms with Crippen molar-refractivity contribution in [3.63, 3.8) is 0 Å². The van der Waals surface area contributed by atoms with Gasteiger partial charge < -0.3 is 5.32 Å². The monoisotopic (exact) mass is 317 g/mol. The van der Waals surface area contributed by atoms with Crippen molar-refractivity contribution < 1.29 is 26.3 Å². The minimum Gasteiger partial charge on any atom is -0.306 e. The number of benzene rings is 1. The molecule has 1 rings (SSSR count). The fourth-order valence-electron chi connectivity index (χ4n) is 1.38. The molecule has 0 aliphatic carbocycles. The largest absolute Gasteiger partial charge is 0.416 e. The van der Waals surface area contributed by atoms with Gasteiger partial charge in [-0.3, -0.25) is 0 Å². The summed E-state index contributed by atoms with van der Waals surface area (Å²) in [5.74, 6) is 0. The van der Waals surface area contributed by atoms with Crippen molar-refractivity contribution in [3.05, 3.63) is 35.4 Å². The van der Waals surface area contributed by atoms with Crippen molar-refractivity contribution >= 4 is 0 Å². The molecule has 0 aliphatic rings. The zero-order valence-corrected chi connectivity index (χ0v) is 12.7. The Labute approximate surface area is 121 Å². The molecule has 0 heterocycles. The number of alkyl halides is 6. The van der Waals surface area contributed by atoms with E-state index in [4.69, 9.17) is 0 Å². The molecule has 1 atom stereocenters. The smallest absolute Gasteiger partial charge is 0.306 e. The van der Waals surface area contributed by atoms with Crippen molar-refractivity contribution in [2.45, 2.75) is 46.1 Å². The summed E-state index contributed by atoms with van der Waals surface area (Å²) in [5, 5.41) is 2.01. The molecule has 0 amide bonds. The normalized spacial score (nSPS) is 12.5. The summed E-state index contributed by atoms with van der Waals surface area (Å²) in [5.41, 5.74) is -1.23. The lowest BCUT2D eigenvalue weighted by molar-refractivity contribution is -0.156. The van der Waals surface area contributed by atoms with E-state index in [0.29, 0.717) is 12.1 Å². The van der Waals surface area contributed by atoms with Gasteiger partial charge in [-0.1, -0.05) is 39.8 Å². The fourth-order valence-corrected chi connectivity index (χ4v) is 1.38. The minimum absolute atomic E-state index is 0.256. The SMILES string of the molecule is CC.CC.CNC(c1ccc(C(F)(F)F)cc1)C(F)(F)F. The summed E-state index contributed by atoms with van der Waals surface area (Å²) in [6.07, 6.45) is -9.10. The molecule has 0 aromatic heterocycles. The average Bonchev–Trinajstić information content (AvgIpc) is 2.42. The molecule has 1 nitrogen and oxygen atoms in total. The van der Waals surface area contributed by atoms with Gasteiger partial charge >= 0.3 is 12.4 Å². The maximum Gasteiger partial charge on any atom is 0.416 e. The lowest BCUT2D eigenvalue weighted by Gasteiger charge is -2.20. The summed E-state index contributed by atoms with van der Waals surface area (Å²) in [4.78, 5) is 0. The molecule has 1 N–H and O–H groups in total. The van der Waals surface area contributed by atoms with Crippen molar-refractivity contribution in [1.82, 2.24) is 5.32 Å². The third-order valence-electron chi connectivity index (χ3n) is 2.19. The maximum absolute atomic E-state index is 12.5. The van der Waals surface area contributed by atoms with Crippen molar-refractivity contribution in [1.29, 1.82) is 0 Å². The molecule has 7 heteroatoms. The molecule has 1 unspecified atom stereocenters. The van der Waals surface area contributed by atoms with Gasteiger partial charge in [-0.2, -0.15) is 26.3 Å². The summed E-state index contributed by atoms with van der Waals surface area (Å²) >= 11 is 0. The van der Waals surface area contributed by atoms with Crippen LogP contribution in [-0.4, -0.2) is 13.2 Å². The van der Waals surface area contributed by atoms with E-state index in [2.05, 4.69) is 0 Å². The van der Waals surface area contributed by atoms with Crippen molar-refractivity contribution in [2.24, 2.45) is 0 Å². The standard InChI is InChI=1S/C10H9F6N.2C2H6/c1-17-8(10(14,15)16)6-2-4-7(5-3-6)9(11,12)13;2*1-2/h2-5,8,17H,1H3;2*1-2H3. The quantitative estimate of drug-likeness (QED) is 0.702. The van der Waals surface area contributed by atoms with Crippen LogP contribution in [-0.2, 0) is 6.18 Å². The molecule has 0 spiro atoms. The molecular weight excluding hydrogens is 296 g/mol. The lowest BCUT2D eigenvalue weighted by Crippen LogP contribution is -2.31. The Morgan fingerprint density at radius 2 is 1.19 bits per heavy atom. The van der Waals surface area contributed by atoms with Crippen LogP contribution < -0.4 is 5.32 Å². The second-order valence-corrected chi connectivity index (χ2v) is 3.38. The Morgan fingerprint density at radius 1 is 0.810 bits per heavy atom. The number of nitrogens with one attached hydrogen (secondary N) is 1. The van der Waals surface area contributed by atoms with Gasteiger partial charge in [-0.05, 0) is 24.7 Å². The summed E-state index contributed by atoms with van der Waals surface area (Å²) in [7, 11) is 1.09. The summed E-state index contributed by atoms with van der Waals surface area (Å²) in [6.45, 7) is 8.00. The highest BCUT2D eigenvalue weighted by molar-refractivity contribution is 5.27. The van der Waals surface area contributed by atoms with Gasteiger partial charge in [0.25, 0.3) is 0 Å². The number of rotatable bonds is 2. The average molecular weight is 317 g/mol. The molecule has 0 saturated carbocycles. The van der Waals surface area contributed by atoms with Crippen LogP contribution in [0.2, 0.25) is 0 Å². The highest BCUT2D eigenvalue weighted by Gasteiger charge is 2.40. The van der Waals surface area contributed by atoms with E-state index in [1.165, 1.54) is 0 Å². The molecular formula is C14H21F6N. The second kappa shape index (κ2) is 9.65. The molecule has 1 aromatic rings. The Bertz CT molecular complexity index is 367. The third-order valence-corrected chi connectivity index (χ3v) is 2.19. The van der Waals surface area contributed by atoms with Crippen LogP contribution in [0.15, 0.2) is 24.3 Å². The zero-order valence-electron chi connectivity index (χ0n) is 12.7. The van der Waals surface area contributed by atoms with Gasteiger partial charge in [-0.15, -0.1) is 0 Å². The van der Waals surface area contributed by atoms with Gasteiger partial charge in [-0.25, -0.2) is 0 Å². The van der Waals surface area contributed by atoms with Crippen LogP contribution in [0.5, 0.6) is 0 Å². The minimum atomic E-state index is -4.55. The van der Waals surface area contributed by atoms with E-state index in [-0.39, 0.29) is 5.56 Å². The fraction of sp³-hybridized carbons (Fsp3) is 0.571. The van der Waals surface area contributed by atoms with E-state index in [1.807, 2.05) is 33.0 Å². The van der Waals surface area contributed by atoms with Crippen LogP contribution in [0.4, 0.5) is 26.3 Å². The highest BCUT2D eigenvalue weighted by Crippen LogP contribution is 2.34. The van der Waals surface area contributed by atoms with Crippen LogP contribution in [0.25, 0.3) is 0 Å². The van der Waals surface area contributed by atoms with Gasteiger partial charge in [0.2, 0.25) is 0 Å². The van der Waals surface area contributed by atoms with E-state index in [9.17, 15) is 26.3 Å². The van der Waals surface area contributed by atoms with Gasteiger partial charge in [0.1, 0.15) is 6.04 Å². The summed E-state index contributed by atoms with van der Waals surface area (Å²) < 4.78 is 74.0. The molecule has 0 radical (unpaired) electrons. The second-order valence-electron chi connectivity index (χ2n) is 3.38. The molecule has 0 fully saturated rings. The first-order valence-electron chi connectivity index (χ1n) is 6.57. The highest BCUT2D eigenvalue weighted by atomic mass is 19.4. The molecule has 1 aromatic carbocycles. The zero-order chi connectivity index (χ0) is 17.3. The van der Waals surface area contributed by atoms with Crippen LogP contribution >= 0.6 is 0 Å². The Kier molecular flexibility index (Phi) is 10.1. The number of hydrogen-bond donors (Lipinski definition) is 1. The lowest BCUT2D eigenvalue weighted by atomic mass is 10.0. The molecule has 124 valence electrons. The first kappa shape index (κ1) is 22.0. The third kappa shape index (κ3) is 7.36. The van der Waals surface area contributed by atoms with Gasteiger partial charge in [0.15, 0.2) is 0 Å². The van der Waals surface area contributed by atoms with Gasteiger partial charge in [0, 0.05) is 0 Å². The Hall–Kier alpha value is -1.24. The first-order valence-corrected chi connectivity index (χ1v) is 6.57. The Morgan fingerprint density at radius 3 is 1.43 bits per heavy atom. The van der Waals surface area contributed by atoms with Crippen LogP contribution in [0.1, 0.15) is 44.9 Å². The number of hydrogen-bond acceptors (Lipinski definition) is 1. The molecule has 21 heavy (non-hydrogen) atoms. The van der Waals surface area contributed by atoms with Crippen LogP contribution in [0, 0.1) is 0 Å². The van der Waals surface area contributed by atoms with E-state index < -0.39 is 24.0 Å². The first-order chi connectivity index (χ1) is 9.66. The predicted octanol–water partition coefficient (Wildman–Crippen LogP) is 5.58. The van der Waals surface area contributed by atoms with Crippen molar-refractivity contribution in [3.8, 4) is 0 Å². The van der Waals surface area contributed by atoms with E-state index in [1.54, 1.807) is 0 Å². The van der Waals surface area contributed by atoms with Gasteiger partial charge in [0.05, 0.1) is 5.56 Å². The van der Waals surface area contributed by atoms with Crippen molar-refractivity contribution in [2.75, 3.05) is 7.05 Å². The Balaban J connectivity index is 0. The topological polar surface area (TPSA) is 12.0 Å². The van der Waals surface area contributed by atoms with E-state index >= 15 is 0 Å². The maximum atomic E-state index is 12.5. The summed E-state index contributed by atoms with van der Waals surface area (Å²) in [6, 6.07) is 0.927. The molecule has 0 saturated heterocycles.